The van der Waals surface area contributed by atoms with Gasteiger partial charge >= 0.3 is 6.18 Å². The first-order valence-corrected chi connectivity index (χ1v) is 13.7. The molecule has 1 fully saturated rings. The van der Waals surface area contributed by atoms with E-state index in [1.54, 1.807) is 25.1 Å². The maximum Gasteiger partial charge on any atom is 0.416 e. The number of halogens is 3. The van der Waals surface area contributed by atoms with E-state index >= 15 is 0 Å². The Hall–Kier alpha value is -4.36. The van der Waals surface area contributed by atoms with Gasteiger partial charge in [-0.2, -0.15) is 13.2 Å². The third-order valence-corrected chi connectivity index (χ3v) is 7.29. The average molecular weight is 598 g/mol. The number of amides is 3. The number of alkyl halides is 3. The van der Waals surface area contributed by atoms with Crippen LogP contribution in [-0.2, 0) is 28.7 Å². The fraction of sp³-hybridized carbons (Fsp3) is 0.367. The van der Waals surface area contributed by atoms with Crippen LogP contribution in [0.4, 0.5) is 30.5 Å². The summed E-state index contributed by atoms with van der Waals surface area (Å²) < 4.78 is 42.0. The van der Waals surface area contributed by atoms with E-state index in [-0.39, 0.29) is 53.2 Å². The fourth-order valence-corrected chi connectivity index (χ4v) is 4.70. The summed E-state index contributed by atoms with van der Waals surface area (Å²) in [5.74, 6) is -0.739. The molecule has 43 heavy (non-hydrogen) atoms. The molecule has 1 saturated heterocycles. The summed E-state index contributed by atoms with van der Waals surface area (Å²) in [7, 11) is 3.51. The highest BCUT2D eigenvalue weighted by Crippen LogP contribution is 2.35. The summed E-state index contributed by atoms with van der Waals surface area (Å²) in [6.07, 6.45) is -3.43. The van der Waals surface area contributed by atoms with Crippen LogP contribution in [0.1, 0.15) is 39.5 Å². The summed E-state index contributed by atoms with van der Waals surface area (Å²) in [5, 5.41) is 5.11. The van der Waals surface area contributed by atoms with E-state index < -0.39 is 17.6 Å². The van der Waals surface area contributed by atoms with Crippen molar-refractivity contribution in [2.24, 2.45) is 0 Å². The molecule has 10 nitrogen and oxygen atoms in total. The predicted octanol–water partition coefficient (Wildman–Crippen LogP) is 3.97. The molecule has 3 amide bonds. The lowest BCUT2D eigenvalue weighted by Gasteiger charge is -2.33. The first kappa shape index (κ1) is 31.6. The molecule has 0 saturated carbocycles. The van der Waals surface area contributed by atoms with Gasteiger partial charge in [0.15, 0.2) is 0 Å². The number of rotatable bonds is 8. The van der Waals surface area contributed by atoms with Crippen molar-refractivity contribution in [2.45, 2.75) is 33.0 Å². The van der Waals surface area contributed by atoms with Crippen LogP contribution in [-0.4, -0.2) is 77.8 Å². The van der Waals surface area contributed by atoms with Gasteiger partial charge in [-0.3, -0.25) is 24.2 Å². The number of likely N-dealkylation sites (N-methyl/N-ethyl adjacent to an activating group) is 2. The predicted molar refractivity (Wildman–Crippen MR) is 157 cm³/mol. The van der Waals surface area contributed by atoms with Crippen molar-refractivity contribution in [1.29, 1.82) is 0 Å². The largest absolute Gasteiger partial charge is 0.416 e. The van der Waals surface area contributed by atoms with Crippen LogP contribution in [0.3, 0.4) is 0 Å². The Kier molecular flexibility index (Phi) is 9.77. The molecule has 228 valence electrons. The van der Waals surface area contributed by atoms with Gasteiger partial charge in [0.1, 0.15) is 18.0 Å². The molecule has 1 aromatic heterocycles. The number of hydrogen-bond donors (Lipinski definition) is 2. The van der Waals surface area contributed by atoms with Crippen LogP contribution in [0.5, 0.6) is 0 Å². The molecule has 1 aliphatic rings. The molecule has 2 N–H and O–H groups in total. The molecule has 0 atom stereocenters. The van der Waals surface area contributed by atoms with Crippen LogP contribution < -0.4 is 15.5 Å². The molecule has 0 aliphatic carbocycles. The van der Waals surface area contributed by atoms with E-state index in [1.165, 1.54) is 43.4 Å². The topological polar surface area (TPSA) is 111 Å². The maximum absolute atomic E-state index is 14.0. The van der Waals surface area contributed by atoms with Crippen LogP contribution in [0.15, 0.2) is 48.8 Å². The quantitative estimate of drug-likeness (QED) is 0.405. The number of carbonyl (C=O) groups excluding carboxylic acids is 3. The Morgan fingerprint density at radius 3 is 2.35 bits per heavy atom. The number of carbonyl (C=O) groups is 3. The van der Waals surface area contributed by atoms with Crippen molar-refractivity contribution in [3.05, 3.63) is 76.6 Å². The highest BCUT2D eigenvalue weighted by atomic mass is 19.4. The smallest absolute Gasteiger partial charge is 0.322 e. The number of nitrogens with one attached hydrogen (secondary N) is 2. The second kappa shape index (κ2) is 13.3. The molecule has 3 aromatic rings. The number of benzene rings is 2. The van der Waals surface area contributed by atoms with E-state index in [0.29, 0.717) is 18.7 Å². The second-order valence-corrected chi connectivity index (χ2v) is 10.6. The van der Waals surface area contributed by atoms with Crippen molar-refractivity contribution < 1.29 is 27.6 Å². The SMILES string of the molecule is CC(=O)Nc1cc(N(C)C(=O)Cc2cc(C(=O)Nc3ccc(CN4CCN(C)CC4)c(C(F)(F)F)c3)ccc2C)ncn1. The highest BCUT2D eigenvalue weighted by molar-refractivity contribution is 6.04. The summed E-state index contributed by atoms with van der Waals surface area (Å²) in [4.78, 5) is 50.9. The van der Waals surface area contributed by atoms with E-state index in [4.69, 9.17) is 0 Å². The maximum atomic E-state index is 14.0. The van der Waals surface area contributed by atoms with Crippen molar-refractivity contribution in [2.75, 3.05) is 55.8 Å². The normalized spacial score (nSPS) is 14.3. The van der Waals surface area contributed by atoms with E-state index in [0.717, 1.165) is 24.7 Å². The van der Waals surface area contributed by atoms with Gasteiger partial charge in [-0.25, -0.2) is 9.97 Å². The van der Waals surface area contributed by atoms with Crippen molar-refractivity contribution in [3.8, 4) is 0 Å². The van der Waals surface area contributed by atoms with Gasteiger partial charge in [-0.1, -0.05) is 12.1 Å². The Morgan fingerprint density at radius 2 is 1.67 bits per heavy atom. The third-order valence-electron chi connectivity index (χ3n) is 7.29. The lowest BCUT2D eigenvalue weighted by Crippen LogP contribution is -2.44. The van der Waals surface area contributed by atoms with Crippen LogP contribution in [0.2, 0.25) is 0 Å². The van der Waals surface area contributed by atoms with Gasteiger partial charge in [0.05, 0.1) is 12.0 Å². The molecule has 0 unspecified atom stereocenters. The zero-order valence-corrected chi connectivity index (χ0v) is 24.5. The van der Waals surface area contributed by atoms with Crippen molar-refractivity contribution in [3.63, 3.8) is 0 Å². The first-order chi connectivity index (χ1) is 20.3. The third kappa shape index (κ3) is 8.36. The minimum atomic E-state index is -4.58. The van der Waals surface area contributed by atoms with Gasteiger partial charge in [0, 0.05) is 64.0 Å². The summed E-state index contributed by atoms with van der Waals surface area (Å²) in [5.41, 5.74) is 0.918. The molecule has 0 spiro atoms. The van der Waals surface area contributed by atoms with Crippen LogP contribution >= 0.6 is 0 Å². The summed E-state index contributed by atoms with van der Waals surface area (Å²) in [6.45, 7) is 6.23. The fourth-order valence-electron chi connectivity index (χ4n) is 4.70. The molecular formula is C30H34F3N7O3. The van der Waals surface area contributed by atoms with Gasteiger partial charge < -0.3 is 15.5 Å². The summed E-state index contributed by atoms with van der Waals surface area (Å²) >= 11 is 0. The molecule has 13 heteroatoms. The van der Waals surface area contributed by atoms with Gasteiger partial charge in [0.25, 0.3) is 5.91 Å². The number of piperazine rings is 1. The molecule has 1 aliphatic heterocycles. The van der Waals surface area contributed by atoms with Gasteiger partial charge in [-0.15, -0.1) is 0 Å². The zero-order valence-electron chi connectivity index (χ0n) is 24.5. The number of aromatic nitrogens is 2. The molecule has 2 aromatic carbocycles. The highest BCUT2D eigenvalue weighted by Gasteiger charge is 2.34. The average Bonchev–Trinajstić information content (AvgIpc) is 2.95. The van der Waals surface area contributed by atoms with E-state index in [2.05, 4.69) is 25.5 Å². The Morgan fingerprint density at radius 1 is 0.953 bits per heavy atom. The Bertz CT molecular complexity index is 1500. The van der Waals surface area contributed by atoms with Gasteiger partial charge in [0.2, 0.25) is 11.8 Å². The Labute approximate surface area is 247 Å². The monoisotopic (exact) mass is 597 g/mol. The van der Waals surface area contributed by atoms with Crippen LogP contribution in [0, 0.1) is 6.92 Å². The molecule has 0 bridgehead atoms. The standard InChI is InChI=1S/C30H34F3N7O3/c1-19-5-6-21(13-23(19)14-28(42)39(4)27-16-26(34-18-35-27)36-20(2)41)29(43)37-24-8-7-22(25(15-24)30(31,32)33)17-40-11-9-38(3)10-12-40/h5-8,13,15-16,18H,9-12,14,17H2,1-4H3,(H,37,43)(H,34,35,36,41). The van der Waals surface area contributed by atoms with Gasteiger partial charge in [-0.05, 0) is 54.9 Å². The van der Waals surface area contributed by atoms with E-state index in [9.17, 15) is 27.6 Å². The van der Waals surface area contributed by atoms with E-state index in [1.807, 2.05) is 11.9 Å². The number of hydrogen-bond acceptors (Lipinski definition) is 7. The zero-order chi connectivity index (χ0) is 31.3. The number of nitrogens with zero attached hydrogens (tertiary/aromatic N) is 5. The minimum absolute atomic E-state index is 0.0242. The van der Waals surface area contributed by atoms with Crippen molar-refractivity contribution in [1.82, 2.24) is 19.8 Å². The molecule has 2 heterocycles. The molecular weight excluding hydrogens is 563 g/mol. The van der Waals surface area contributed by atoms with Crippen LogP contribution in [0.25, 0.3) is 0 Å². The number of aryl methyl sites for hydroxylation is 1. The first-order valence-electron chi connectivity index (χ1n) is 13.7. The molecule has 0 radical (unpaired) electrons. The summed E-state index contributed by atoms with van der Waals surface area (Å²) in [6, 6.07) is 10.1. The minimum Gasteiger partial charge on any atom is -0.322 e. The molecule has 4 rings (SSSR count). The lowest BCUT2D eigenvalue weighted by molar-refractivity contribution is -0.138. The lowest BCUT2D eigenvalue weighted by atomic mass is 10.0. The van der Waals surface area contributed by atoms with Crippen molar-refractivity contribution >= 4 is 35.0 Å². The Balaban J connectivity index is 1.47. The number of anilines is 3. The second-order valence-electron chi connectivity index (χ2n) is 10.6.